The van der Waals surface area contributed by atoms with E-state index in [4.69, 9.17) is 5.73 Å². The molecule has 138 valence electrons. The number of aryl methyl sites for hydroxylation is 2. The van der Waals surface area contributed by atoms with E-state index >= 15 is 0 Å². The van der Waals surface area contributed by atoms with E-state index < -0.39 is 0 Å². The topological polar surface area (TPSA) is 26.0 Å². The highest BCUT2D eigenvalue weighted by atomic mass is 14.7. The van der Waals surface area contributed by atoms with E-state index in [0.29, 0.717) is 0 Å². The Balaban J connectivity index is 2.25. The molecular formula is C23H41N. The first kappa shape index (κ1) is 21.2. The van der Waals surface area contributed by atoms with E-state index in [9.17, 15) is 0 Å². The first-order chi connectivity index (χ1) is 11.6. The maximum Gasteiger partial charge on any atom is 0.0154 e. The van der Waals surface area contributed by atoms with Crippen LogP contribution in [0.1, 0.15) is 103 Å². The van der Waals surface area contributed by atoms with E-state index in [2.05, 4.69) is 45.0 Å². The molecule has 0 heterocycles. The van der Waals surface area contributed by atoms with Gasteiger partial charge in [-0.25, -0.2) is 0 Å². The predicted octanol–water partition coefficient (Wildman–Crippen LogP) is 6.82. The fourth-order valence-electron chi connectivity index (χ4n) is 3.53. The molecule has 0 radical (unpaired) electrons. The molecule has 0 aliphatic rings. The summed E-state index contributed by atoms with van der Waals surface area (Å²) in [7, 11) is 0. The predicted molar refractivity (Wildman–Crippen MR) is 109 cm³/mol. The van der Waals surface area contributed by atoms with Crippen LogP contribution in [0.3, 0.4) is 0 Å². The smallest absolute Gasteiger partial charge is 0.0154 e. The molecule has 1 atom stereocenters. The standard InChI is InChI=1S/C23H41N/c1-4-7-8-9-10-11-12-13-21-14-16-22(17-15-21)18-20-23(24,6-3)19-5-2/h14-17H,4-13,18-20,24H2,1-3H3. The minimum absolute atomic E-state index is 0.0329. The highest BCUT2D eigenvalue weighted by molar-refractivity contribution is 5.23. The van der Waals surface area contributed by atoms with Crippen LogP contribution in [0.4, 0.5) is 0 Å². The zero-order chi connectivity index (χ0) is 17.7. The summed E-state index contributed by atoms with van der Waals surface area (Å²) < 4.78 is 0. The van der Waals surface area contributed by atoms with Crippen molar-refractivity contribution in [2.75, 3.05) is 0 Å². The first-order valence-corrected chi connectivity index (χ1v) is 10.5. The Morgan fingerprint density at radius 3 is 1.75 bits per heavy atom. The Hall–Kier alpha value is -0.820. The molecule has 0 amide bonds. The normalized spacial score (nSPS) is 13.8. The highest BCUT2D eigenvalue weighted by Crippen LogP contribution is 2.21. The molecule has 1 rings (SSSR count). The third kappa shape index (κ3) is 8.87. The maximum atomic E-state index is 6.51. The van der Waals surface area contributed by atoms with Crippen molar-refractivity contribution in [1.29, 1.82) is 0 Å². The second-order valence-corrected chi connectivity index (χ2v) is 7.65. The van der Waals surface area contributed by atoms with E-state index in [1.54, 1.807) is 0 Å². The van der Waals surface area contributed by atoms with Gasteiger partial charge in [-0.05, 0) is 49.7 Å². The van der Waals surface area contributed by atoms with Gasteiger partial charge < -0.3 is 5.73 Å². The van der Waals surface area contributed by atoms with E-state index in [1.165, 1.54) is 68.9 Å². The lowest BCUT2D eigenvalue weighted by atomic mass is 9.85. The van der Waals surface area contributed by atoms with Crippen molar-refractivity contribution >= 4 is 0 Å². The lowest BCUT2D eigenvalue weighted by Crippen LogP contribution is -2.39. The molecule has 0 aliphatic heterocycles. The first-order valence-electron chi connectivity index (χ1n) is 10.5. The van der Waals surface area contributed by atoms with Gasteiger partial charge in [-0.2, -0.15) is 0 Å². The summed E-state index contributed by atoms with van der Waals surface area (Å²) in [6.45, 7) is 6.74. The number of unbranched alkanes of at least 4 members (excludes halogenated alkanes) is 6. The van der Waals surface area contributed by atoms with Gasteiger partial charge in [0.1, 0.15) is 0 Å². The highest BCUT2D eigenvalue weighted by Gasteiger charge is 2.20. The van der Waals surface area contributed by atoms with Crippen LogP contribution >= 0.6 is 0 Å². The number of hydrogen-bond acceptors (Lipinski definition) is 1. The molecular weight excluding hydrogens is 290 g/mol. The second-order valence-electron chi connectivity index (χ2n) is 7.65. The molecule has 1 heteroatoms. The van der Waals surface area contributed by atoms with Crippen LogP contribution in [0.15, 0.2) is 24.3 Å². The zero-order valence-electron chi connectivity index (χ0n) is 16.6. The van der Waals surface area contributed by atoms with Gasteiger partial charge in [-0.15, -0.1) is 0 Å². The van der Waals surface area contributed by atoms with Crippen molar-refractivity contribution in [3.63, 3.8) is 0 Å². The number of benzene rings is 1. The molecule has 1 aromatic carbocycles. The van der Waals surface area contributed by atoms with Gasteiger partial charge in [0.05, 0.1) is 0 Å². The molecule has 0 spiro atoms. The summed E-state index contributed by atoms with van der Waals surface area (Å²) in [6.07, 6.45) is 16.6. The van der Waals surface area contributed by atoms with Crippen molar-refractivity contribution in [3.05, 3.63) is 35.4 Å². The quantitative estimate of drug-likeness (QED) is 0.372. The molecule has 0 saturated carbocycles. The minimum atomic E-state index is 0.0329. The van der Waals surface area contributed by atoms with Crippen molar-refractivity contribution < 1.29 is 0 Å². The summed E-state index contributed by atoms with van der Waals surface area (Å²) in [5, 5.41) is 0. The summed E-state index contributed by atoms with van der Waals surface area (Å²) in [5.41, 5.74) is 9.48. The van der Waals surface area contributed by atoms with Gasteiger partial charge in [0.25, 0.3) is 0 Å². The van der Waals surface area contributed by atoms with Gasteiger partial charge in [-0.1, -0.05) is 90.0 Å². The van der Waals surface area contributed by atoms with Crippen LogP contribution in [-0.4, -0.2) is 5.54 Å². The van der Waals surface area contributed by atoms with Crippen molar-refractivity contribution in [1.82, 2.24) is 0 Å². The van der Waals surface area contributed by atoms with Crippen molar-refractivity contribution in [2.45, 2.75) is 110 Å². The molecule has 1 unspecified atom stereocenters. The molecule has 0 saturated heterocycles. The molecule has 0 aromatic heterocycles. The fraction of sp³-hybridized carbons (Fsp3) is 0.739. The zero-order valence-corrected chi connectivity index (χ0v) is 16.6. The minimum Gasteiger partial charge on any atom is -0.325 e. The average Bonchev–Trinajstić information content (AvgIpc) is 2.60. The maximum absolute atomic E-state index is 6.51. The van der Waals surface area contributed by atoms with Crippen molar-refractivity contribution in [3.8, 4) is 0 Å². The Morgan fingerprint density at radius 1 is 0.667 bits per heavy atom. The van der Waals surface area contributed by atoms with Crippen LogP contribution in [0, 0.1) is 0 Å². The van der Waals surface area contributed by atoms with E-state index in [1.807, 2.05) is 0 Å². The van der Waals surface area contributed by atoms with Crippen LogP contribution < -0.4 is 5.73 Å². The Kier molecular flexibility index (Phi) is 11.1. The SMILES string of the molecule is CCCCCCCCCc1ccc(CCC(N)(CC)CCC)cc1. The van der Waals surface area contributed by atoms with Crippen LogP contribution in [0.5, 0.6) is 0 Å². The molecule has 1 aromatic rings. The molecule has 0 bridgehead atoms. The third-order valence-corrected chi connectivity index (χ3v) is 5.46. The summed E-state index contributed by atoms with van der Waals surface area (Å²) in [5.74, 6) is 0. The fourth-order valence-corrected chi connectivity index (χ4v) is 3.53. The molecule has 0 aliphatic carbocycles. The van der Waals surface area contributed by atoms with Crippen LogP contribution in [-0.2, 0) is 12.8 Å². The average molecular weight is 332 g/mol. The van der Waals surface area contributed by atoms with Gasteiger partial charge in [0.2, 0.25) is 0 Å². The Labute approximate surface area is 151 Å². The second kappa shape index (κ2) is 12.5. The van der Waals surface area contributed by atoms with E-state index in [-0.39, 0.29) is 5.54 Å². The van der Waals surface area contributed by atoms with Gasteiger partial charge in [0.15, 0.2) is 0 Å². The summed E-state index contributed by atoms with van der Waals surface area (Å²) in [6, 6.07) is 9.30. The van der Waals surface area contributed by atoms with Crippen LogP contribution in [0.2, 0.25) is 0 Å². The lowest BCUT2D eigenvalue weighted by Gasteiger charge is -2.27. The van der Waals surface area contributed by atoms with Crippen molar-refractivity contribution in [2.24, 2.45) is 5.73 Å². The number of rotatable bonds is 14. The van der Waals surface area contributed by atoms with Crippen LogP contribution in [0.25, 0.3) is 0 Å². The molecule has 1 nitrogen and oxygen atoms in total. The van der Waals surface area contributed by atoms with Gasteiger partial charge in [-0.3, -0.25) is 0 Å². The Morgan fingerprint density at radius 2 is 1.21 bits per heavy atom. The number of hydrogen-bond donors (Lipinski definition) is 1. The molecule has 0 fully saturated rings. The van der Waals surface area contributed by atoms with Gasteiger partial charge >= 0.3 is 0 Å². The summed E-state index contributed by atoms with van der Waals surface area (Å²) in [4.78, 5) is 0. The molecule has 24 heavy (non-hydrogen) atoms. The largest absolute Gasteiger partial charge is 0.325 e. The summed E-state index contributed by atoms with van der Waals surface area (Å²) >= 11 is 0. The third-order valence-electron chi connectivity index (χ3n) is 5.46. The van der Waals surface area contributed by atoms with E-state index in [0.717, 1.165) is 25.7 Å². The number of nitrogens with two attached hydrogens (primary N) is 1. The lowest BCUT2D eigenvalue weighted by molar-refractivity contribution is 0.349. The van der Waals surface area contributed by atoms with Gasteiger partial charge in [0, 0.05) is 5.54 Å². The molecule has 2 N–H and O–H groups in total. The monoisotopic (exact) mass is 331 g/mol. The Bertz CT molecular complexity index is 409.